The lowest BCUT2D eigenvalue weighted by Crippen LogP contribution is -2.40. The molecular formula is C25H28N2O3S. The van der Waals surface area contributed by atoms with Gasteiger partial charge in [-0.3, -0.25) is 9.69 Å². The van der Waals surface area contributed by atoms with E-state index in [1.54, 1.807) is 14.2 Å². The summed E-state index contributed by atoms with van der Waals surface area (Å²) >= 11 is 1.44. The summed E-state index contributed by atoms with van der Waals surface area (Å²) in [6.45, 7) is 2.06. The molecular weight excluding hydrogens is 408 g/mol. The second-order valence-corrected chi connectivity index (χ2v) is 8.92. The van der Waals surface area contributed by atoms with E-state index in [-0.39, 0.29) is 11.9 Å². The van der Waals surface area contributed by atoms with Gasteiger partial charge in [0.1, 0.15) is 11.5 Å². The third kappa shape index (κ3) is 4.79. The summed E-state index contributed by atoms with van der Waals surface area (Å²) in [7, 11) is 3.25. The average molecular weight is 437 g/mol. The molecule has 2 aromatic rings. The van der Waals surface area contributed by atoms with E-state index in [9.17, 15) is 4.79 Å². The van der Waals surface area contributed by atoms with Gasteiger partial charge < -0.3 is 9.47 Å². The largest absolute Gasteiger partial charge is 0.497 e. The van der Waals surface area contributed by atoms with Crippen LogP contribution in [-0.2, 0) is 4.79 Å². The van der Waals surface area contributed by atoms with Crippen molar-refractivity contribution in [3.63, 3.8) is 0 Å². The third-order valence-corrected chi connectivity index (χ3v) is 6.75. The molecule has 6 heteroatoms. The summed E-state index contributed by atoms with van der Waals surface area (Å²) in [4.78, 5) is 20.9. The number of amides is 1. The minimum absolute atomic E-state index is 0.0284. The maximum absolute atomic E-state index is 13.5. The molecule has 1 aliphatic carbocycles. The SMILES string of the molecule is COc1ccc(/C=C2/SC(=Nc3ccc(C)cc3)N(C3CCCCC3)C2=O)c(OC)c1. The molecule has 5 nitrogen and oxygen atoms in total. The van der Waals surface area contributed by atoms with Crippen molar-refractivity contribution in [1.82, 2.24) is 4.90 Å². The smallest absolute Gasteiger partial charge is 0.267 e. The van der Waals surface area contributed by atoms with Crippen LogP contribution < -0.4 is 9.47 Å². The van der Waals surface area contributed by atoms with Gasteiger partial charge in [-0.15, -0.1) is 0 Å². The fourth-order valence-electron chi connectivity index (χ4n) is 4.03. The van der Waals surface area contributed by atoms with E-state index in [2.05, 4.69) is 6.92 Å². The highest BCUT2D eigenvalue weighted by Gasteiger charge is 2.38. The lowest BCUT2D eigenvalue weighted by Gasteiger charge is -2.30. The van der Waals surface area contributed by atoms with Gasteiger partial charge in [0.05, 0.1) is 24.8 Å². The van der Waals surface area contributed by atoms with Crippen LogP contribution in [0.15, 0.2) is 52.4 Å². The topological polar surface area (TPSA) is 51.1 Å². The van der Waals surface area contributed by atoms with Gasteiger partial charge in [-0.25, -0.2) is 4.99 Å². The molecule has 2 fully saturated rings. The normalized spacial score (nSPS) is 20.0. The van der Waals surface area contributed by atoms with Gasteiger partial charge in [-0.2, -0.15) is 0 Å². The number of ether oxygens (including phenoxy) is 2. The first kappa shape index (κ1) is 21.5. The molecule has 2 aliphatic rings. The molecule has 0 atom stereocenters. The fourth-order valence-corrected chi connectivity index (χ4v) is 5.08. The van der Waals surface area contributed by atoms with Crippen molar-refractivity contribution >= 4 is 34.6 Å². The fraction of sp³-hybridized carbons (Fsp3) is 0.360. The molecule has 31 heavy (non-hydrogen) atoms. The lowest BCUT2D eigenvalue weighted by atomic mass is 9.94. The van der Waals surface area contributed by atoms with Crippen molar-refractivity contribution in [3.8, 4) is 11.5 Å². The van der Waals surface area contributed by atoms with Crippen molar-refractivity contribution in [1.29, 1.82) is 0 Å². The van der Waals surface area contributed by atoms with Crippen LogP contribution in [0, 0.1) is 6.92 Å². The average Bonchev–Trinajstić information content (AvgIpc) is 3.10. The maximum atomic E-state index is 13.5. The van der Waals surface area contributed by atoms with Crippen LogP contribution >= 0.6 is 11.8 Å². The van der Waals surface area contributed by atoms with E-state index in [1.807, 2.05) is 53.4 Å². The molecule has 0 N–H and O–H groups in total. The number of hydrogen-bond acceptors (Lipinski definition) is 5. The van der Waals surface area contributed by atoms with Crippen LogP contribution in [0.5, 0.6) is 11.5 Å². The Morgan fingerprint density at radius 2 is 1.77 bits per heavy atom. The summed E-state index contributed by atoms with van der Waals surface area (Å²) < 4.78 is 10.8. The minimum Gasteiger partial charge on any atom is -0.497 e. The molecule has 4 rings (SSSR count). The minimum atomic E-state index is 0.0284. The predicted octanol–water partition coefficient (Wildman–Crippen LogP) is 5.95. The van der Waals surface area contributed by atoms with E-state index < -0.39 is 0 Å². The third-order valence-electron chi connectivity index (χ3n) is 5.76. The predicted molar refractivity (Wildman–Crippen MR) is 127 cm³/mol. The second kappa shape index (κ2) is 9.60. The molecule has 1 saturated heterocycles. The number of benzene rings is 2. The summed E-state index contributed by atoms with van der Waals surface area (Å²) in [6, 6.07) is 13.9. The van der Waals surface area contributed by atoms with Crippen LogP contribution in [0.1, 0.15) is 43.2 Å². The molecule has 2 aromatic carbocycles. The van der Waals surface area contributed by atoms with E-state index in [1.165, 1.54) is 23.7 Å². The van der Waals surface area contributed by atoms with Gasteiger partial charge in [0.2, 0.25) is 0 Å². The number of methoxy groups -OCH3 is 2. The van der Waals surface area contributed by atoms with E-state index in [0.717, 1.165) is 47.9 Å². The number of carbonyl (C=O) groups is 1. The van der Waals surface area contributed by atoms with Crippen LogP contribution in [-0.4, -0.2) is 36.2 Å². The van der Waals surface area contributed by atoms with Gasteiger partial charge >= 0.3 is 0 Å². The Morgan fingerprint density at radius 3 is 2.45 bits per heavy atom. The number of amidine groups is 1. The van der Waals surface area contributed by atoms with Crippen LogP contribution in [0.4, 0.5) is 5.69 Å². The molecule has 1 aliphatic heterocycles. The van der Waals surface area contributed by atoms with E-state index >= 15 is 0 Å². The molecule has 0 spiro atoms. The first-order chi connectivity index (χ1) is 15.1. The Hall–Kier alpha value is -2.73. The highest BCUT2D eigenvalue weighted by Crippen LogP contribution is 2.39. The van der Waals surface area contributed by atoms with E-state index in [0.29, 0.717) is 10.7 Å². The Bertz CT molecular complexity index is 1010. The number of aliphatic imine (C=N–C) groups is 1. The van der Waals surface area contributed by atoms with Crippen molar-refractivity contribution in [2.45, 2.75) is 45.1 Å². The van der Waals surface area contributed by atoms with Crippen LogP contribution in [0.3, 0.4) is 0 Å². The Balaban J connectivity index is 1.71. The molecule has 0 unspecified atom stereocenters. The van der Waals surface area contributed by atoms with Gasteiger partial charge in [0, 0.05) is 17.7 Å². The number of rotatable bonds is 5. The molecule has 0 bridgehead atoms. The maximum Gasteiger partial charge on any atom is 0.267 e. The Labute approximate surface area is 188 Å². The van der Waals surface area contributed by atoms with Crippen molar-refractivity contribution in [2.24, 2.45) is 4.99 Å². The number of hydrogen-bond donors (Lipinski definition) is 0. The van der Waals surface area contributed by atoms with Crippen molar-refractivity contribution in [3.05, 3.63) is 58.5 Å². The molecule has 0 radical (unpaired) electrons. The lowest BCUT2D eigenvalue weighted by molar-refractivity contribution is -0.124. The molecule has 1 saturated carbocycles. The Morgan fingerprint density at radius 1 is 1.03 bits per heavy atom. The summed E-state index contributed by atoms with van der Waals surface area (Å²) in [5.74, 6) is 1.42. The van der Waals surface area contributed by atoms with Crippen molar-refractivity contribution in [2.75, 3.05) is 14.2 Å². The zero-order valence-electron chi connectivity index (χ0n) is 18.3. The quantitative estimate of drug-likeness (QED) is 0.544. The van der Waals surface area contributed by atoms with Crippen LogP contribution in [0.2, 0.25) is 0 Å². The molecule has 162 valence electrons. The monoisotopic (exact) mass is 436 g/mol. The summed E-state index contributed by atoms with van der Waals surface area (Å²) in [6.07, 6.45) is 7.50. The highest BCUT2D eigenvalue weighted by atomic mass is 32.2. The van der Waals surface area contributed by atoms with Gasteiger partial charge in [0.25, 0.3) is 5.91 Å². The second-order valence-electron chi connectivity index (χ2n) is 7.92. The van der Waals surface area contributed by atoms with Crippen LogP contribution in [0.25, 0.3) is 6.08 Å². The number of aryl methyl sites for hydroxylation is 1. The van der Waals surface area contributed by atoms with Crippen molar-refractivity contribution < 1.29 is 14.3 Å². The summed E-state index contributed by atoms with van der Waals surface area (Å²) in [5.41, 5.74) is 2.90. The zero-order valence-corrected chi connectivity index (χ0v) is 19.1. The number of thioether (sulfide) groups is 1. The molecule has 0 aromatic heterocycles. The summed E-state index contributed by atoms with van der Waals surface area (Å²) in [5, 5.41) is 0.763. The first-order valence-electron chi connectivity index (χ1n) is 10.7. The van der Waals surface area contributed by atoms with E-state index in [4.69, 9.17) is 14.5 Å². The number of carbonyl (C=O) groups excluding carboxylic acids is 1. The standard InChI is InChI=1S/C25H28N2O3S/c1-17-9-12-19(13-10-17)26-25-27(20-7-5-4-6-8-20)24(28)23(31-25)15-18-11-14-21(29-2)16-22(18)30-3/h9-16,20H,4-8H2,1-3H3/b23-15+,26-25?. The molecule has 1 heterocycles. The van der Waals surface area contributed by atoms with Gasteiger partial charge in [-0.05, 0) is 61.9 Å². The molecule has 1 amide bonds. The Kier molecular flexibility index (Phi) is 6.66. The van der Waals surface area contributed by atoms with Gasteiger partial charge in [-0.1, -0.05) is 37.0 Å². The first-order valence-corrected chi connectivity index (χ1v) is 11.5. The van der Waals surface area contributed by atoms with Gasteiger partial charge in [0.15, 0.2) is 5.17 Å². The highest BCUT2D eigenvalue weighted by molar-refractivity contribution is 8.18. The zero-order chi connectivity index (χ0) is 21.8. The number of nitrogens with zero attached hydrogens (tertiary/aromatic N) is 2.